The van der Waals surface area contributed by atoms with E-state index in [9.17, 15) is 0 Å². The highest BCUT2D eigenvalue weighted by molar-refractivity contribution is 5.14. The van der Waals surface area contributed by atoms with Gasteiger partial charge in [0.2, 0.25) is 0 Å². The molecule has 1 aliphatic heterocycles. The minimum atomic E-state index is 0.354. The molecule has 0 amide bonds. The van der Waals surface area contributed by atoms with Gasteiger partial charge in [-0.1, -0.05) is 0 Å². The van der Waals surface area contributed by atoms with Crippen molar-refractivity contribution in [3.63, 3.8) is 0 Å². The van der Waals surface area contributed by atoms with E-state index in [1.807, 2.05) is 12.4 Å². The van der Waals surface area contributed by atoms with Gasteiger partial charge in [-0.2, -0.15) is 0 Å². The Morgan fingerprint density at radius 3 is 2.89 bits per heavy atom. The molecule has 2 heterocycles. The lowest BCUT2D eigenvalue weighted by Crippen LogP contribution is -2.45. The summed E-state index contributed by atoms with van der Waals surface area (Å²) in [5.41, 5.74) is 1.28. The zero-order chi connectivity index (χ0) is 12.8. The Morgan fingerprint density at radius 1 is 1.44 bits per heavy atom. The lowest BCUT2D eigenvalue weighted by molar-refractivity contribution is 0.0708. The third kappa shape index (κ3) is 4.05. The summed E-state index contributed by atoms with van der Waals surface area (Å²) in [7, 11) is 0. The van der Waals surface area contributed by atoms with E-state index in [4.69, 9.17) is 4.74 Å². The summed E-state index contributed by atoms with van der Waals surface area (Å²) in [5.74, 6) is 0. The Kier molecular flexibility index (Phi) is 5.11. The quantitative estimate of drug-likeness (QED) is 0.830. The van der Waals surface area contributed by atoms with Crippen molar-refractivity contribution < 1.29 is 4.74 Å². The predicted octanol–water partition coefficient (Wildman–Crippen LogP) is 1.50. The maximum atomic E-state index is 5.47. The molecule has 1 aromatic rings. The molecule has 0 aliphatic carbocycles. The van der Waals surface area contributed by atoms with Crippen LogP contribution in [0.25, 0.3) is 0 Å². The Bertz CT molecular complexity index is 338. The first kappa shape index (κ1) is 13.5. The summed E-state index contributed by atoms with van der Waals surface area (Å²) in [4.78, 5) is 4.05. The Labute approximate surface area is 109 Å². The second kappa shape index (κ2) is 6.83. The van der Waals surface area contributed by atoms with Gasteiger partial charge in [-0.05, 0) is 38.0 Å². The molecule has 18 heavy (non-hydrogen) atoms. The van der Waals surface area contributed by atoms with E-state index >= 15 is 0 Å². The van der Waals surface area contributed by atoms with Crippen LogP contribution in [-0.2, 0) is 4.74 Å². The first-order chi connectivity index (χ1) is 8.75. The van der Waals surface area contributed by atoms with Gasteiger partial charge >= 0.3 is 0 Å². The van der Waals surface area contributed by atoms with Gasteiger partial charge in [0.15, 0.2) is 0 Å². The smallest absolute Gasteiger partial charge is 0.0620 e. The fourth-order valence-electron chi connectivity index (χ4n) is 2.44. The van der Waals surface area contributed by atoms with Crippen LogP contribution in [-0.4, -0.2) is 36.8 Å². The summed E-state index contributed by atoms with van der Waals surface area (Å²) in [6.07, 6.45) is 4.78. The minimum Gasteiger partial charge on any atom is -0.379 e. The largest absolute Gasteiger partial charge is 0.379 e. The van der Waals surface area contributed by atoms with Gasteiger partial charge in [-0.15, -0.1) is 0 Å². The highest BCUT2D eigenvalue weighted by Crippen LogP contribution is 2.13. The number of nitrogens with zero attached hydrogens (tertiary/aromatic N) is 1. The van der Waals surface area contributed by atoms with E-state index in [2.05, 4.69) is 41.6 Å². The topological polar surface area (TPSA) is 46.2 Å². The number of hydrogen-bond donors (Lipinski definition) is 2. The number of rotatable bonds is 5. The van der Waals surface area contributed by atoms with Gasteiger partial charge in [-0.3, -0.25) is 4.98 Å². The normalized spacial score (nSPS) is 23.6. The van der Waals surface area contributed by atoms with Crippen LogP contribution in [0, 0.1) is 0 Å². The molecule has 4 heteroatoms. The summed E-state index contributed by atoms with van der Waals surface area (Å²) >= 11 is 0. The van der Waals surface area contributed by atoms with Gasteiger partial charge in [-0.25, -0.2) is 0 Å². The highest BCUT2D eigenvalue weighted by Gasteiger charge is 2.17. The molecule has 4 nitrogen and oxygen atoms in total. The number of pyridine rings is 1. The molecule has 0 bridgehead atoms. The van der Waals surface area contributed by atoms with Crippen molar-refractivity contribution in [2.45, 2.75) is 38.4 Å². The van der Waals surface area contributed by atoms with E-state index < -0.39 is 0 Å². The number of nitrogens with one attached hydrogen (secondary N) is 2. The Morgan fingerprint density at radius 2 is 2.22 bits per heavy atom. The van der Waals surface area contributed by atoms with Crippen molar-refractivity contribution in [3.8, 4) is 0 Å². The molecule has 1 aliphatic rings. The summed E-state index contributed by atoms with van der Waals surface area (Å²) in [6.45, 7) is 7.06. The lowest BCUT2D eigenvalue weighted by Gasteiger charge is -2.28. The monoisotopic (exact) mass is 249 g/mol. The molecular formula is C14H23N3O. The molecular weight excluding hydrogens is 226 g/mol. The average molecular weight is 249 g/mol. The molecule has 0 saturated carbocycles. The summed E-state index contributed by atoms with van der Waals surface area (Å²) < 4.78 is 5.47. The van der Waals surface area contributed by atoms with E-state index in [-0.39, 0.29) is 0 Å². The predicted molar refractivity (Wildman–Crippen MR) is 72.5 cm³/mol. The second-order valence-corrected chi connectivity index (χ2v) is 5.03. The summed E-state index contributed by atoms with van der Waals surface area (Å²) in [6, 6.07) is 5.42. The molecule has 100 valence electrons. The van der Waals surface area contributed by atoms with Crippen molar-refractivity contribution in [1.82, 2.24) is 15.6 Å². The maximum Gasteiger partial charge on any atom is 0.0620 e. The van der Waals surface area contributed by atoms with Crippen LogP contribution in [0.3, 0.4) is 0 Å². The fourth-order valence-corrected chi connectivity index (χ4v) is 2.44. The number of hydrogen-bond acceptors (Lipinski definition) is 4. The van der Waals surface area contributed by atoms with Gasteiger partial charge in [0, 0.05) is 37.1 Å². The van der Waals surface area contributed by atoms with E-state index in [1.165, 1.54) is 5.56 Å². The molecule has 0 radical (unpaired) electrons. The van der Waals surface area contributed by atoms with Gasteiger partial charge in [0.25, 0.3) is 0 Å². The standard InChI is InChI=1S/C14H23N3O/c1-11(9-14-10-18-8-7-16-14)17-12(2)13-3-5-15-6-4-13/h3-6,11-12,14,16-17H,7-10H2,1-2H3. The molecule has 1 saturated heterocycles. The van der Waals surface area contributed by atoms with Gasteiger partial charge in [0.1, 0.15) is 0 Å². The van der Waals surface area contributed by atoms with E-state index in [0.29, 0.717) is 18.1 Å². The van der Waals surface area contributed by atoms with Crippen molar-refractivity contribution in [2.24, 2.45) is 0 Å². The number of aromatic nitrogens is 1. The average Bonchev–Trinajstić information content (AvgIpc) is 2.40. The SMILES string of the molecule is CC(CC1COCCN1)NC(C)c1ccncc1. The van der Waals surface area contributed by atoms with Crippen molar-refractivity contribution >= 4 is 0 Å². The third-order valence-electron chi connectivity index (χ3n) is 3.38. The molecule has 3 unspecified atom stereocenters. The molecule has 2 N–H and O–H groups in total. The second-order valence-electron chi connectivity index (χ2n) is 5.03. The van der Waals surface area contributed by atoms with Crippen LogP contribution in [0.4, 0.5) is 0 Å². The van der Waals surface area contributed by atoms with Crippen LogP contribution in [0.5, 0.6) is 0 Å². The zero-order valence-electron chi connectivity index (χ0n) is 11.2. The van der Waals surface area contributed by atoms with Crippen molar-refractivity contribution in [1.29, 1.82) is 0 Å². The van der Waals surface area contributed by atoms with E-state index in [0.717, 1.165) is 26.2 Å². The van der Waals surface area contributed by atoms with Crippen LogP contribution >= 0.6 is 0 Å². The van der Waals surface area contributed by atoms with Crippen molar-refractivity contribution in [3.05, 3.63) is 30.1 Å². The molecule has 1 fully saturated rings. The molecule has 0 spiro atoms. The third-order valence-corrected chi connectivity index (χ3v) is 3.38. The Balaban J connectivity index is 1.78. The van der Waals surface area contributed by atoms with E-state index in [1.54, 1.807) is 0 Å². The van der Waals surface area contributed by atoms with Gasteiger partial charge < -0.3 is 15.4 Å². The molecule has 2 rings (SSSR count). The first-order valence-electron chi connectivity index (χ1n) is 6.73. The van der Waals surface area contributed by atoms with Gasteiger partial charge in [0.05, 0.1) is 13.2 Å². The fraction of sp³-hybridized carbons (Fsp3) is 0.643. The molecule has 3 atom stereocenters. The molecule has 0 aromatic carbocycles. The van der Waals surface area contributed by atoms with Crippen LogP contribution in [0.15, 0.2) is 24.5 Å². The number of morpholine rings is 1. The first-order valence-corrected chi connectivity index (χ1v) is 6.73. The lowest BCUT2D eigenvalue weighted by atomic mass is 10.1. The minimum absolute atomic E-state index is 0.354. The summed E-state index contributed by atoms with van der Waals surface area (Å²) in [5, 5.41) is 7.11. The highest BCUT2D eigenvalue weighted by atomic mass is 16.5. The number of ether oxygens (including phenoxy) is 1. The van der Waals surface area contributed by atoms with Crippen molar-refractivity contribution in [2.75, 3.05) is 19.8 Å². The molecule has 1 aromatic heterocycles. The maximum absolute atomic E-state index is 5.47. The zero-order valence-corrected chi connectivity index (χ0v) is 11.2. The van der Waals surface area contributed by atoms with Crippen LogP contribution in [0.1, 0.15) is 31.9 Å². The Hall–Kier alpha value is -0.970. The van der Waals surface area contributed by atoms with Crippen LogP contribution in [0.2, 0.25) is 0 Å². The van der Waals surface area contributed by atoms with Crippen LogP contribution < -0.4 is 10.6 Å².